The molecule has 2 aromatic carbocycles. The maximum Gasteiger partial charge on any atom is 0.416 e. The number of likely N-dealkylation sites (N-methyl/N-ethyl adjacent to an activating group) is 2. The average molecular weight is 582 g/mol. The number of carbonyl (C=O) groups is 2. The van der Waals surface area contributed by atoms with Gasteiger partial charge < -0.3 is 15.1 Å². The highest BCUT2D eigenvalue weighted by Gasteiger charge is 2.32. The van der Waals surface area contributed by atoms with Gasteiger partial charge in [0.1, 0.15) is 5.69 Å². The molecule has 0 aliphatic rings. The molecule has 0 saturated carbocycles. The van der Waals surface area contributed by atoms with Crippen LogP contribution in [0.5, 0.6) is 0 Å². The fraction of sp³-hybridized carbons (Fsp3) is 0.286. The number of alkyl halides is 3. The Hall–Kier alpha value is -4.85. The van der Waals surface area contributed by atoms with Gasteiger partial charge in [0.05, 0.1) is 17.4 Å². The number of amides is 2. The summed E-state index contributed by atoms with van der Waals surface area (Å²) in [5.41, 5.74) is 2.04. The van der Waals surface area contributed by atoms with Crippen molar-refractivity contribution in [1.82, 2.24) is 29.9 Å². The molecule has 0 saturated heterocycles. The lowest BCUT2D eigenvalue weighted by atomic mass is 10.1. The largest absolute Gasteiger partial charge is 0.416 e. The Balaban J connectivity index is 1.58. The molecule has 4 rings (SSSR count). The summed E-state index contributed by atoms with van der Waals surface area (Å²) in [7, 11) is 5.46. The number of rotatable bonds is 9. The standard InChI is InChI=1S/C28H30F3N9O2/c1-17-6-7-19(10-25(17)40-16-24(36-37-40)20-14-32-27(33-15-20)34-18(2)41)26(42)35-22-11-21(28(29,30)31)12-23(13-22)39(5)9-8-38(3)4/h6-7,10-16H,8-9H2,1-5H3,(H,35,42)(H,32,33,34,41). The van der Waals surface area contributed by atoms with Crippen molar-refractivity contribution in [2.75, 3.05) is 49.8 Å². The molecule has 2 N–H and O–H groups in total. The molecule has 0 aliphatic carbocycles. The minimum atomic E-state index is -4.59. The molecule has 220 valence electrons. The number of anilines is 3. The third-order valence-electron chi connectivity index (χ3n) is 6.27. The van der Waals surface area contributed by atoms with Crippen molar-refractivity contribution in [3.63, 3.8) is 0 Å². The SMILES string of the molecule is CC(=O)Nc1ncc(-c2cn(-c3cc(C(=O)Nc4cc(N(C)CCN(C)C)cc(C(F)(F)F)c4)ccc3C)nn2)cn1. The Kier molecular flexibility index (Phi) is 8.85. The zero-order valence-electron chi connectivity index (χ0n) is 23.7. The van der Waals surface area contributed by atoms with E-state index < -0.39 is 17.6 Å². The molecule has 0 bridgehead atoms. The molecule has 2 heterocycles. The van der Waals surface area contributed by atoms with Crippen LogP contribution in [0, 0.1) is 6.92 Å². The van der Waals surface area contributed by atoms with Gasteiger partial charge in [0.25, 0.3) is 5.91 Å². The van der Waals surface area contributed by atoms with Gasteiger partial charge in [-0.25, -0.2) is 14.6 Å². The van der Waals surface area contributed by atoms with Gasteiger partial charge in [-0.2, -0.15) is 13.2 Å². The number of nitrogens with zero attached hydrogens (tertiary/aromatic N) is 7. The van der Waals surface area contributed by atoms with Crippen LogP contribution in [0.2, 0.25) is 0 Å². The summed E-state index contributed by atoms with van der Waals surface area (Å²) in [6.45, 7) is 4.31. The Morgan fingerprint density at radius 2 is 1.69 bits per heavy atom. The second-order valence-electron chi connectivity index (χ2n) is 9.97. The second kappa shape index (κ2) is 12.3. The van der Waals surface area contributed by atoms with Crippen molar-refractivity contribution in [2.45, 2.75) is 20.0 Å². The van der Waals surface area contributed by atoms with Gasteiger partial charge in [-0.1, -0.05) is 11.3 Å². The molecule has 0 radical (unpaired) electrons. The molecule has 0 spiro atoms. The van der Waals surface area contributed by atoms with Crippen molar-refractivity contribution in [3.05, 3.63) is 71.7 Å². The Morgan fingerprint density at radius 3 is 2.33 bits per heavy atom. The van der Waals surface area contributed by atoms with E-state index in [1.807, 2.05) is 25.9 Å². The summed E-state index contributed by atoms with van der Waals surface area (Å²) in [6.07, 6.45) is 0.0215. The first-order valence-corrected chi connectivity index (χ1v) is 12.8. The number of carbonyl (C=O) groups excluding carboxylic acids is 2. The summed E-state index contributed by atoms with van der Waals surface area (Å²) in [4.78, 5) is 36.2. The summed E-state index contributed by atoms with van der Waals surface area (Å²) >= 11 is 0. The zero-order chi connectivity index (χ0) is 30.6. The molecule has 14 heteroatoms. The normalized spacial score (nSPS) is 11.5. The van der Waals surface area contributed by atoms with Crippen molar-refractivity contribution in [3.8, 4) is 16.9 Å². The van der Waals surface area contributed by atoms with E-state index in [0.717, 1.165) is 17.7 Å². The quantitative estimate of drug-likeness (QED) is 0.301. The monoisotopic (exact) mass is 581 g/mol. The Morgan fingerprint density at radius 1 is 0.976 bits per heavy atom. The van der Waals surface area contributed by atoms with Crippen molar-refractivity contribution in [1.29, 1.82) is 0 Å². The number of hydrogen-bond acceptors (Lipinski definition) is 8. The summed E-state index contributed by atoms with van der Waals surface area (Å²) in [5.74, 6) is -0.727. The van der Waals surface area contributed by atoms with Gasteiger partial charge in [-0.3, -0.25) is 14.9 Å². The van der Waals surface area contributed by atoms with Gasteiger partial charge in [0.15, 0.2) is 0 Å². The average Bonchev–Trinajstić information content (AvgIpc) is 3.41. The molecule has 2 aromatic heterocycles. The highest BCUT2D eigenvalue weighted by molar-refractivity contribution is 6.05. The Bertz CT molecular complexity index is 1580. The molecule has 0 atom stereocenters. The number of aromatic nitrogens is 5. The van der Waals surface area contributed by atoms with E-state index >= 15 is 0 Å². The van der Waals surface area contributed by atoms with Gasteiger partial charge in [-0.05, 0) is 56.9 Å². The molecular weight excluding hydrogens is 551 g/mol. The Labute approximate surface area is 240 Å². The van der Waals surface area contributed by atoms with E-state index in [9.17, 15) is 22.8 Å². The van der Waals surface area contributed by atoms with Crippen LogP contribution in [0.15, 0.2) is 55.0 Å². The predicted octanol–water partition coefficient (Wildman–Crippen LogP) is 4.26. The van der Waals surface area contributed by atoms with Crippen LogP contribution in [0.4, 0.5) is 30.5 Å². The van der Waals surface area contributed by atoms with E-state index in [-0.39, 0.29) is 23.1 Å². The number of nitrogens with one attached hydrogen (secondary N) is 2. The van der Waals surface area contributed by atoms with Crippen LogP contribution in [0.3, 0.4) is 0 Å². The number of aryl methyl sites for hydroxylation is 1. The number of halogens is 3. The predicted molar refractivity (Wildman–Crippen MR) is 153 cm³/mol. The molecule has 0 fully saturated rings. The van der Waals surface area contributed by atoms with Crippen LogP contribution < -0.4 is 15.5 Å². The topological polar surface area (TPSA) is 121 Å². The van der Waals surface area contributed by atoms with Crippen molar-refractivity contribution >= 4 is 29.1 Å². The van der Waals surface area contributed by atoms with Crippen molar-refractivity contribution in [2.24, 2.45) is 0 Å². The molecule has 42 heavy (non-hydrogen) atoms. The van der Waals surface area contributed by atoms with E-state index in [4.69, 9.17) is 0 Å². The highest BCUT2D eigenvalue weighted by Crippen LogP contribution is 2.34. The van der Waals surface area contributed by atoms with Gasteiger partial charge in [-0.15, -0.1) is 5.10 Å². The number of hydrogen-bond donors (Lipinski definition) is 2. The minimum absolute atomic E-state index is 0.0226. The van der Waals surface area contributed by atoms with Gasteiger partial charge in [0, 0.05) is 62.0 Å². The lowest BCUT2D eigenvalue weighted by Gasteiger charge is -2.23. The third-order valence-corrected chi connectivity index (χ3v) is 6.27. The van der Waals surface area contributed by atoms with E-state index in [0.29, 0.717) is 35.7 Å². The summed E-state index contributed by atoms with van der Waals surface area (Å²) in [6, 6.07) is 8.37. The molecule has 4 aromatic rings. The first kappa shape index (κ1) is 30.1. The van der Waals surface area contributed by atoms with Crippen LogP contribution >= 0.6 is 0 Å². The third kappa shape index (κ3) is 7.46. The van der Waals surface area contributed by atoms with E-state index in [2.05, 4.69) is 30.9 Å². The fourth-order valence-corrected chi connectivity index (χ4v) is 3.94. The van der Waals surface area contributed by atoms with E-state index in [1.54, 1.807) is 36.3 Å². The first-order chi connectivity index (χ1) is 19.8. The van der Waals surface area contributed by atoms with Crippen LogP contribution in [-0.4, -0.2) is 75.9 Å². The fourth-order valence-electron chi connectivity index (χ4n) is 3.94. The molecule has 0 unspecified atom stereocenters. The highest BCUT2D eigenvalue weighted by atomic mass is 19.4. The van der Waals surface area contributed by atoms with Crippen molar-refractivity contribution < 1.29 is 22.8 Å². The first-order valence-electron chi connectivity index (χ1n) is 12.8. The molecular formula is C28H30F3N9O2. The van der Waals surface area contributed by atoms with Crippen LogP contribution in [-0.2, 0) is 11.0 Å². The summed E-state index contributed by atoms with van der Waals surface area (Å²) in [5, 5.41) is 13.4. The van der Waals surface area contributed by atoms with Gasteiger partial charge >= 0.3 is 6.18 Å². The van der Waals surface area contributed by atoms with Crippen LogP contribution in [0.1, 0.15) is 28.4 Å². The maximum absolute atomic E-state index is 13.7. The van der Waals surface area contributed by atoms with Gasteiger partial charge in [0.2, 0.25) is 11.9 Å². The number of benzene rings is 2. The lowest BCUT2D eigenvalue weighted by molar-refractivity contribution is -0.137. The lowest BCUT2D eigenvalue weighted by Crippen LogP contribution is -2.28. The second-order valence-corrected chi connectivity index (χ2v) is 9.97. The van der Waals surface area contributed by atoms with Crippen LogP contribution in [0.25, 0.3) is 16.9 Å². The minimum Gasteiger partial charge on any atom is -0.373 e. The molecule has 0 aliphatic heterocycles. The summed E-state index contributed by atoms with van der Waals surface area (Å²) < 4.78 is 42.5. The smallest absolute Gasteiger partial charge is 0.373 e. The molecule has 2 amide bonds. The maximum atomic E-state index is 13.7. The molecule has 11 nitrogen and oxygen atoms in total. The van der Waals surface area contributed by atoms with E-state index in [1.165, 1.54) is 30.1 Å². The zero-order valence-corrected chi connectivity index (χ0v) is 23.7.